The zero-order chi connectivity index (χ0) is 13.2. The third-order valence-electron chi connectivity index (χ3n) is 2.96. The molecule has 19 heavy (non-hydrogen) atoms. The smallest absolute Gasteiger partial charge is 0.0842 e. The molecule has 1 nitrogen and oxygen atoms in total. The van der Waals surface area contributed by atoms with Gasteiger partial charge in [0.1, 0.15) is 0 Å². The first-order chi connectivity index (χ1) is 9.25. The van der Waals surface area contributed by atoms with Crippen LogP contribution < -0.4 is 0 Å². The van der Waals surface area contributed by atoms with E-state index < -0.39 is 0 Å². The fourth-order valence-corrected chi connectivity index (χ4v) is 3.80. The van der Waals surface area contributed by atoms with Gasteiger partial charge in [-0.15, -0.1) is 11.3 Å². The number of aryl methyl sites for hydroxylation is 1. The number of rotatable bonds is 1. The van der Waals surface area contributed by atoms with Crippen LogP contribution in [0.3, 0.4) is 0 Å². The molecule has 0 N–H and O–H groups in total. The summed E-state index contributed by atoms with van der Waals surface area (Å²) in [5.41, 5.74) is 2.32. The van der Waals surface area contributed by atoms with Gasteiger partial charge in [-0.1, -0.05) is 30.0 Å². The van der Waals surface area contributed by atoms with Gasteiger partial charge in [-0.25, -0.2) is 0 Å². The topological polar surface area (TPSA) is 4.93 Å². The van der Waals surface area contributed by atoms with Gasteiger partial charge in [-0.05, 0) is 41.1 Å². The summed E-state index contributed by atoms with van der Waals surface area (Å²) in [6.07, 6.45) is 2.10. The first-order valence-electron chi connectivity index (χ1n) is 6.03. The Labute approximate surface area is 125 Å². The molecule has 1 aromatic carbocycles. The first-order valence-corrected chi connectivity index (χ1v) is 7.64. The molecule has 0 fully saturated rings. The molecule has 0 aliphatic heterocycles. The molecule has 2 aromatic heterocycles. The van der Waals surface area contributed by atoms with E-state index in [-0.39, 0.29) is 0 Å². The number of halogens is 1. The maximum absolute atomic E-state index is 3.66. The molecule has 0 aliphatic carbocycles. The van der Waals surface area contributed by atoms with Crippen LogP contribution in [0.1, 0.15) is 10.4 Å². The van der Waals surface area contributed by atoms with Crippen LogP contribution in [0.2, 0.25) is 0 Å². The minimum atomic E-state index is 0.715. The number of fused-ring (bicyclic) bond motifs is 1. The van der Waals surface area contributed by atoms with E-state index in [4.69, 9.17) is 0 Å². The van der Waals surface area contributed by atoms with Gasteiger partial charge in [0.25, 0.3) is 0 Å². The lowest BCUT2D eigenvalue weighted by atomic mass is 10.2. The summed E-state index contributed by atoms with van der Waals surface area (Å²) in [5.74, 6) is 6.42. The maximum Gasteiger partial charge on any atom is 0.0842 e. The van der Waals surface area contributed by atoms with E-state index in [1.165, 1.54) is 19.6 Å². The van der Waals surface area contributed by atoms with Crippen molar-refractivity contribution in [2.75, 3.05) is 0 Å². The molecule has 0 unspecified atom stereocenters. The summed E-state index contributed by atoms with van der Waals surface area (Å²) in [6, 6.07) is 12.2. The van der Waals surface area contributed by atoms with Gasteiger partial charge in [0.05, 0.1) is 21.2 Å². The Morgan fingerprint density at radius 3 is 2.79 bits per heavy atom. The van der Waals surface area contributed by atoms with E-state index >= 15 is 0 Å². The number of hydrogen-bond acceptors (Lipinski definition) is 1. The van der Waals surface area contributed by atoms with E-state index in [0.717, 1.165) is 5.56 Å². The highest BCUT2D eigenvalue weighted by atomic mass is 79.9. The van der Waals surface area contributed by atoms with E-state index in [0.29, 0.717) is 6.54 Å². The molecular formula is C16H12BrNS. The molecule has 0 radical (unpaired) electrons. The second-order valence-corrected chi connectivity index (χ2v) is 6.35. The molecule has 94 valence electrons. The Morgan fingerprint density at radius 1 is 1.21 bits per heavy atom. The van der Waals surface area contributed by atoms with Crippen molar-refractivity contribution in [2.24, 2.45) is 0 Å². The SMILES string of the molecule is Cc1sc2ccn(CC#Cc3ccccc3)c2c1Br. The van der Waals surface area contributed by atoms with E-state index in [1.807, 2.05) is 41.7 Å². The second-order valence-electron chi connectivity index (χ2n) is 4.30. The van der Waals surface area contributed by atoms with Crippen molar-refractivity contribution < 1.29 is 0 Å². The maximum atomic E-state index is 3.66. The summed E-state index contributed by atoms with van der Waals surface area (Å²) in [4.78, 5) is 1.32. The van der Waals surface area contributed by atoms with Crippen molar-refractivity contribution in [3.8, 4) is 11.8 Å². The quantitative estimate of drug-likeness (QED) is 0.564. The Balaban J connectivity index is 1.89. The average molecular weight is 330 g/mol. The molecule has 0 amide bonds. The fourth-order valence-electron chi connectivity index (χ4n) is 2.03. The lowest BCUT2D eigenvalue weighted by molar-refractivity contribution is 0.884. The monoisotopic (exact) mass is 329 g/mol. The molecule has 3 heteroatoms. The second kappa shape index (κ2) is 5.24. The molecular weight excluding hydrogens is 318 g/mol. The van der Waals surface area contributed by atoms with Crippen LogP contribution in [0.4, 0.5) is 0 Å². The largest absolute Gasteiger partial charge is 0.334 e. The number of hydrogen-bond donors (Lipinski definition) is 0. The van der Waals surface area contributed by atoms with Gasteiger partial charge in [-0.2, -0.15) is 0 Å². The van der Waals surface area contributed by atoms with Gasteiger partial charge in [0, 0.05) is 16.6 Å². The molecule has 3 rings (SSSR count). The highest BCUT2D eigenvalue weighted by molar-refractivity contribution is 9.10. The Bertz CT molecular complexity index is 772. The van der Waals surface area contributed by atoms with Crippen molar-refractivity contribution in [3.63, 3.8) is 0 Å². The predicted molar refractivity (Wildman–Crippen MR) is 85.6 cm³/mol. The standard InChI is InChI=1S/C16H12BrNS/c1-12-15(17)16-14(19-12)9-11-18(16)10-5-8-13-6-3-2-4-7-13/h2-4,6-7,9,11H,10H2,1H3. The van der Waals surface area contributed by atoms with Gasteiger partial charge >= 0.3 is 0 Å². The lowest BCUT2D eigenvalue weighted by Crippen LogP contribution is -1.92. The molecule has 3 aromatic rings. The van der Waals surface area contributed by atoms with Crippen molar-refractivity contribution in [1.82, 2.24) is 4.57 Å². The number of nitrogens with zero attached hydrogens (tertiary/aromatic N) is 1. The van der Waals surface area contributed by atoms with Crippen LogP contribution in [0, 0.1) is 18.8 Å². The van der Waals surface area contributed by atoms with Crippen LogP contribution in [-0.2, 0) is 6.54 Å². The third kappa shape index (κ3) is 2.47. The van der Waals surface area contributed by atoms with Gasteiger partial charge in [-0.3, -0.25) is 0 Å². The van der Waals surface area contributed by atoms with E-state index in [2.05, 4.69) is 51.5 Å². The predicted octanol–water partition coefficient (Wildman–Crippen LogP) is 4.83. The first kappa shape index (κ1) is 12.5. The highest BCUT2D eigenvalue weighted by Crippen LogP contribution is 2.35. The fraction of sp³-hybridized carbons (Fsp3) is 0.125. The van der Waals surface area contributed by atoms with Crippen molar-refractivity contribution in [2.45, 2.75) is 13.5 Å². The van der Waals surface area contributed by atoms with Crippen molar-refractivity contribution >= 4 is 37.5 Å². The average Bonchev–Trinajstić information content (AvgIpc) is 2.93. The summed E-state index contributed by atoms with van der Waals surface area (Å²) < 4.78 is 4.70. The van der Waals surface area contributed by atoms with Gasteiger partial charge < -0.3 is 4.57 Å². The summed E-state index contributed by atoms with van der Waals surface area (Å²) in [6.45, 7) is 2.85. The zero-order valence-corrected chi connectivity index (χ0v) is 12.9. The zero-order valence-electron chi connectivity index (χ0n) is 10.5. The Kier molecular flexibility index (Phi) is 3.46. The summed E-state index contributed by atoms with van der Waals surface area (Å²) in [7, 11) is 0. The molecule has 0 spiro atoms. The van der Waals surface area contributed by atoms with Crippen LogP contribution in [0.5, 0.6) is 0 Å². The summed E-state index contributed by atoms with van der Waals surface area (Å²) in [5, 5.41) is 0. The minimum Gasteiger partial charge on any atom is -0.334 e. The molecule has 0 atom stereocenters. The molecule has 0 saturated carbocycles. The lowest BCUT2D eigenvalue weighted by Gasteiger charge is -1.98. The van der Waals surface area contributed by atoms with Gasteiger partial charge in [0.15, 0.2) is 0 Å². The number of aromatic nitrogens is 1. The van der Waals surface area contributed by atoms with Crippen LogP contribution in [0.15, 0.2) is 47.1 Å². The molecule has 0 aliphatic rings. The van der Waals surface area contributed by atoms with Crippen molar-refractivity contribution in [1.29, 1.82) is 0 Å². The van der Waals surface area contributed by atoms with Crippen LogP contribution >= 0.6 is 27.3 Å². The Hall–Kier alpha value is -1.50. The van der Waals surface area contributed by atoms with E-state index in [9.17, 15) is 0 Å². The highest BCUT2D eigenvalue weighted by Gasteiger charge is 2.09. The third-order valence-corrected chi connectivity index (χ3v) is 5.25. The number of thiophene rings is 1. The summed E-state index contributed by atoms with van der Waals surface area (Å²) >= 11 is 5.47. The van der Waals surface area contributed by atoms with Crippen LogP contribution in [0.25, 0.3) is 10.2 Å². The van der Waals surface area contributed by atoms with Gasteiger partial charge in [0.2, 0.25) is 0 Å². The van der Waals surface area contributed by atoms with Crippen LogP contribution in [-0.4, -0.2) is 4.57 Å². The normalized spacial score (nSPS) is 10.4. The molecule has 0 saturated heterocycles. The van der Waals surface area contributed by atoms with E-state index in [1.54, 1.807) is 0 Å². The van der Waals surface area contributed by atoms with Crippen molar-refractivity contribution in [3.05, 3.63) is 57.5 Å². The molecule has 2 heterocycles. The Morgan fingerprint density at radius 2 is 2.00 bits per heavy atom. The molecule has 0 bridgehead atoms. The number of benzene rings is 1. The minimum absolute atomic E-state index is 0.715.